The summed E-state index contributed by atoms with van der Waals surface area (Å²) in [7, 11) is -4.72. The number of ether oxygens (including phenoxy) is 2. The van der Waals surface area contributed by atoms with Crippen LogP contribution in [0, 0.1) is 5.92 Å². The van der Waals surface area contributed by atoms with E-state index in [-0.39, 0.29) is 31.5 Å². The Labute approximate surface area is 334 Å². The van der Waals surface area contributed by atoms with E-state index in [1.165, 1.54) is 9.80 Å². The average molecular weight is 833 g/mol. The summed E-state index contributed by atoms with van der Waals surface area (Å²) in [6.45, 7) is 5.40. The number of nitrogens with one attached hydrogen (secondary N) is 4. The Kier molecular flexibility index (Phi) is 12.0. The first-order valence-corrected chi connectivity index (χ1v) is 20.5. The van der Waals surface area contributed by atoms with E-state index in [0.29, 0.717) is 50.9 Å². The molecule has 0 unspecified atom stereocenters. The van der Waals surface area contributed by atoms with Gasteiger partial charge in [0.25, 0.3) is 5.91 Å². The third kappa shape index (κ3) is 10.2. The summed E-state index contributed by atoms with van der Waals surface area (Å²) in [5.74, 6) is -3.23. The van der Waals surface area contributed by atoms with Crippen LogP contribution in [0.4, 0.5) is 28.4 Å². The summed E-state index contributed by atoms with van der Waals surface area (Å²) in [5.41, 5.74) is -2.01. The Morgan fingerprint density at radius 1 is 0.948 bits per heavy atom. The molecule has 1 saturated carbocycles. The maximum Gasteiger partial charge on any atom is 0.416 e. The molecular weight excluding hydrogens is 786 g/mol. The minimum absolute atomic E-state index is 0.00566. The summed E-state index contributed by atoms with van der Waals surface area (Å²) in [5, 5.41) is 5.34. The van der Waals surface area contributed by atoms with Crippen molar-refractivity contribution >= 4 is 45.8 Å². The zero-order chi connectivity index (χ0) is 42.0. The second-order valence-corrected chi connectivity index (χ2v) is 17.4. The van der Waals surface area contributed by atoms with E-state index >= 15 is 0 Å². The van der Waals surface area contributed by atoms with E-state index in [0.717, 1.165) is 23.3 Å². The number of hydrogen-bond acceptors (Lipinski definition) is 9. The highest BCUT2D eigenvalue weighted by molar-refractivity contribution is 7.91. The van der Waals surface area contributed by atoms with Gasteiger partial charge in [-0.3, -0.25) is 24.0 Å². The first kappa shape index (κ1) is 42.3. The lowest BCUT2D eigenvalue weighted by Crippen LogP contribution is -2.58. The molecule has 0 radical (unpaired) electrons. The van der Waals surface area contributed by atoms with Gasteiger partial charge in [-0.05, 0) is 81.8 Å². The van der Waals surface area contributed by atoms with Crippen LogP contribution in [-0.4, -0.2) is 84.0 Å². The third-order valence-electron chi connectivity index (χ3n) is 10.4. The molecule has 3 heterocycles. The number of hydrogen-bond donors (Lipinski definition) is 4. The normalized spacial score (nSPS) is 25.2. The van der Waals surface area contributed by atoms with E-state index in [2.05, 4.69) is 10.6 Å². The molecular formula is C39H47F3N6O9S. The van der Waals surface area contributed by atoms with E-state index < -0.39 is 87.1 Å². The van der Waals surface area contributed by atoms with Gasteiger partial charge in [-0.1, -0.05) is 49.3 Å². The first-order chi connectivity index (χ1) is 27.2. The second kappa shape index (κ2) is 16.5. The molecule has 1 aliphatic carbocycles. The van der Waals surface area contributed by atoms with Crippen molar-refractivity contribution in [1.82, 2.24) is 25.2 Å². The second-order valence-electron chi connectivity index (χ2n) is 16.0. The van der Waals surface area contributed by atoms with E-state index in [9.17, 15) is 45.6 Å². The van der Waals surface area contributed by atoms with Crippen molar-refractivity contribution in [1.29, 1.82) is 0 Å². The number of alkyl halides is 3. The number of fused-ring (bicyclic) bond motifs is 3. The van der Waals surface area contributed by atoms with Gasteiger partial charge < -0.3 is 25.0 Å². The minimum Gasteiger partial charge on any atom is -0.444 e. The smallest absolute Gasteiger partial charge is 0.416 e. The lowest BCUT2D eigenvalue weighted by Gasteiger charge is -2.30. The van der Waals surface area contributed by atoms with Crippen molar-refractivity contribution in [2.75, 3.05) is 11.3 Å². The molecule has 2 fully saturated rings. The van der Waals surface area contributed by atoms with Crippen molar-refractivity contribution in [3.63, 3.8) is 0 Å². The number of anilines is 1. The molecule has 0 aromatic heterocycles. The summed E-state index contributed by atoms with van der Waals surface area (Å²) in [6, 6.07) is 8.22. The average Bonchev–Trinajstić information content (AvgIpc) is 3.43. The maximum absolute atomic E-state index is 14.4. The van der Waals surface area contributed by atoms with Gasteiger partial charge in [-0.25, -0.2) is 14.3 Å². The highest BCUT2D eigenvalue weighted by Crippen LogP contribution is 2.46. The molecule has 15 nitrogen and oxygen atoms in total. The Balaban J connectivity index is 1.24. The fraction of sp³-hybridized carbons (Fsp3) is 0.513. The number of rotatable bonds is 6. The van der Waals surface area contributed by atoms with Crippen LogP contribution in [0.2, 0.25) is 0 Å². The Bertz CT molecular complexity index is 2030. The highest BCUT2D eigenvalue weighted by atomic mass is 32.2. The fourth-order valence-corrected chi connectivity index (χ4v) is 8.34. The van der Waals surface area contributed by atoms with Gasteiger partial charge in [0.05, 0.1) is 17.8 Å². The van der Waals surface area contributed by atoms with Crippen molar-refractivity contribution in [3.8, 4) is 0 Å². The molecule has 314 valence electrons. The van der Waals surface area contributed by atoms with Crippen LogP contribution < -0.4 is 20.1 Å². The number of alkyl carbamates (subject to hydrolysis) is 1. The SMILES string of the molecule is CC(C)(C)OC(=O)N[C@H]1CCCCCC=C[C@@H]2C[C@@]2(C(=O)NS(=O)(=O)Nc2ccc(C(F)(F)F)cc2)NC(=O)[C@@H]2C[C@@H](OC(=O)N3Cc4ccccc4C3)CN2C1=O. The minimum atomic E-state index is -4.72. The van der Waals surface area contributed by atoms with Crippen LogP contribution >= 0.6 is 0 Å². The molecule has 58 heavy (non-hydrogen) atoms. The number of amides is 5. The topological polar surface area (TPSA) is 193 Å². The summed E-state index contributed by atoms with van der Waals surface area (Å²) >= 11 is 0. The van der Waals surface area contributed by atoms with Crippen LogP contribution in [0.15, 0.2) is 60.7 Å². The van der Waals surface area contributed by atoms with Gasteiger partial charge in [0.2, 0.25) is 11.8 Å². The van der Waals surface area contributed by atoms with Crippen molar-refractivity contribution in [2.24, 2.45) is 5.92 Å². The van der Waals surface area contributed by atoms with Gasteiger partial charge in [-0.2, -0.15) is 21.6 Å². The molecule has 3 aliphatic heterocycles. The van der Waals surface area contributed by atoms with Gasteiger partial charge in [0.1, 0.15) is 29.3 Å². The van der Waals surface area contributed by atoms with Crippen molar-refractivity contribution in [2.45, 2.75) is 114 Å². The number of carbonyl (C=O) groups excluding carboxylic acids is 5. The third-order valence-corrected chi connectivity index (χ3v) is 11.4. The number of benzene rings is 2. The standard InChI is InChI=1S/C39H47F3N6O9S/c1-37(2,3)57-35(52)43-30-14-8-6-4-5-7-13-27-20-38(27,34(51)46-58(54,55)45-28-17-15-26(16-18-28)39(40,41)42)44-32(49)31-19-29(23-48(31)33(30)50)56-36(53)47-21-24-11-9-10-12-25(24)22-47/h7,9-13,15-18,27,29-31,45H,4-6,8,14,19-23H2,1-3H3,(H,43,52)(H,44,49)(H,46,51)/t27-,29-,30+,31+,38-/m1/s1. The number of carbonyl (C=O) groups is 5. The molecule has 0 bridgehead atoms. The lowest BCUT2D eigenvalue weighted by atomic mass is 10.0. The van der Waals surface area contributed by atoms with E-state index in [1.54, 1.807) is 26.8 Å². The quantitative estimate of drug-likeness (QED) is 0.294. The molecule has 1 saturated heterocycles. The predicted octanol–water partition coefficient (Wildman–Crippen LogP) is 4.89. The summed E-state index contributed by atoms with van der Waals surface area (Å²) in [4.78, 5) is 71.6. The number of nitrogens with zero attached hydrogens (tertiary/aromatic N) is 2. The van der Waals surface area contributed by atoms with Crippen LogP contribution in [-0.2, 0) is 53.3 Å². The van der Waals surface area contributed by atoms with E-state index in [4.69, 9.17) is 9.47 Å². The molecule has 4 aliphatic rings. The van der Waals surface area contributed by atoms with Gasteiger partial charge in [0.15, 0.2) is 0 Å². The van der Waals surface area contributed by atoms with Gasteiger partial charge in [-0.15, -0.1) is 0 Å². The van der Waals surface area contributed by atoms with Crippen LogP contribution in [0.5, 0.6) is 0 Å². The molecule has 6 rings (SSSR count). The Hall–Kier alpha value is -5.33. The number of halogens is 3. The fourth-order valence-electron chi connectivity index (χ4n) is 7.42. The lowest BCUT2D eigenvalue weighted by molar-refractivity contribution is -0.141. The summed E-state index contributed by atoms with van der Waals surface area (Å²) < 4.78 is 80.6. The zero-order valence-corrected chi connectivity index (χ0v) is 33.1. The predicted molar refractivity (Wildman–Crippen MR) is 203 cm³/mol. The Morgan fingerprint density at radius 2 is 1.62 bits per heavy atom. The van der Waals surface area contributed by atoms with Crippen LogP contribution in [0.25, 0.3) is 0 Å². The van der Waals surface area contributed by atoms with E-state index in [1.807, 2.05) is 39.8 Å². The maximum atomic E-state index is 14.4. The van der Waals surface area contributed by atoms with Crippen molar-refractivity contribution in [3.05, 3.63) is 77.4 Å². The highest BCUT2D eigenvalue weighted by Gasteiger charge is 2.62. The first-order valence-electron chi connectivity index (χ1n) is 19.1. The summed E-state index contributed by atoms with van der Waals surface area (Å²) in [6.07, 6.45) is -1.13. The van der Waals surface area contributed by atoms with Crippen molar-refractivity contribution < 1.29 is 55.0 Å². The van der Waals surface area contributed by atoms with Crippen LogP contribution in [0.1, 0.15) is 82.4 Å². The molecule has 2 aromatic carbocycles. The largest absolute Gasteiger partial charge is 0.444 e. The molecule has 2 aromatic rings. The van der Waals surface area contributed by atoms with Crippen LogP contribution in [0.3, 0.4) is 0 Å². The number of allylic oxidation sites excluding steroid dienone is 1. The molecule has 0 spiro atoms. The zero-order valence-electron chi connectivity index (χ0n) is 32.3. The molecule has 19 heteroatoms. The van der Waals surface area contributed by atoms with Gasteiger partial charge >= 0.3 is 28.6 Å². The Morgan fingerprint density at radius 3 is 2.26 bits per heavy atom. The van der Waals surface area contributed by atoms with Gasteiger partial charge in [0, 0.05) is 25.4 Å². The monoisotopic (exact) mass is 832 g/mol. The molecule has 4 N–H and O–H groups in total. The molecule has 5 amide bonds. The molecule has 5 atom stereocenters.